The molecule has 0 heterocycles. The summed E-state index contributed by atoms with van der Waals surface area (Å²) >= 11 is 0. The maximum absolute atomic E-state index is 10.4. The second-order valence-corrected chi connectivity index (χ2v) is 6.89. The van der Waals surface area contributed by atoms with Crippen LogP contribution >= 0.6 is 0 Å². The van der Waals surface area contributed by atoms with Crippen molar-refractivity contribution in [2.24, 2.45) is 0 Å². The van der Waals surface area contributed by atoms with Crippen molar-refractivity contribution >= 4 is 0 Å². The molecule has 0 bridgehead atoms. The van der Waals surface area contributed by atoms with Crippen molar-refractivity contribution in [3.8, 4) is 0 Å². The van der Waals surface area contributed by atoms with Crippen LogP contribution in [-0.4, -0.2) is 23.3 Å². The quantitative estimate of drug-likeness (QED) is 0.824. The minimum Gasteiger partial charge on any atom is -0.392 e. The lowest BCUT2D eigenvalue weighted by molar-refractivity contribution is 0.107. The summed E-state index contributed by atoms with van der Waals surface area (Å²) in [6.07, 6.45) is 10.9. The maximum Gasteiger partial charge on any atom is 0.0693 e. The summed E-state index contributed by atoms with van der Waals surface area (Å²) in [5.41, 5.74) is 1.47. The fourth-order valence-corrected chi connectivity index (χ4v) is 4.19. The SMILES string of the molecule is OC1CCCCCC1NC1CCCCC1c1ccccc1. The predicted molar refractivity (Wildman–Crippen MR) is 87.5 cm³/mol. The molecule has 1 aromatic carbocycles. The van der Waals surface area contributed by atoms with Gasteiger partial charge in [0.05, 0.1) is 6.10 Å². The third kappa shape index (κ3) is 3.87. The van der Waals surface area contributed by atoms with E-state index in [2.05, 4.69) is 35.6 Å². The molecule has 0 radical (unpaired) electrons. The molecule has 2 aliphatic carbocycles. The van der Waals surface area contributed by atoms with Crippen LogP contribution in [0.5, 0.6) is 0 Å². The summed E-state index contributed by atoms with van der Waals surface area (Å²) in [7, 11) is 0. The van der Waals surface area contributed by atoms with Crippen LogP contribution in [0.15, 0.2) is 30.3 Å². The van der Waals surface area contributed by atoms with Gasteiger partial charge in [-0.25, -0.2) is 0 Å². The van der Waals surface area contributed by atoms with E-state index in [9.17, 15) is 5.11 Å². The zero-order chi connectivity index (χ0) is 14.5. The molecule has 3 rings (SSSR count). The van der Waals surface area contributed by atoms with Gasteiger partial charge in [0, 0.05) is 12.1 Å². The van der Waals surface area contributed by atoms with E-state index in [-0.39, 0.29) is 6.10 Å². The Hall–Kier alpha value is -0.860. The van der Waals surface area contributed by atoms with E-state index in [1.807, 2.05) is 0 Å². The van der Waals surface area contributed by atoms with Crippen LogP contribution in [0.1, 0.15) is 69.3 Å². The number of hydrogen-bond donors (Lipinski definition) is 2. The maximum atomic E-state index is 10.4. The molecule has 0 aromatic heterocycles. The molecule has 0 saturated heterocycles. The van der Waals surface area contributed by atoms with E-state index in [0.29, 0.717) is 18.0 Å². The van der Waals surface area contributed by atoms with Crippen LogP contribution in [0.2, 0.25) is 0 Å². The highest BCUT2D eigenvalue weighted by Crippen LogP contribution is 2.34. The Morgan fingerprint density at radius 2 is 1.43 bits per heavy atom. The number of rotatable bonds is 3. The normalized spacial score (nSPS) is 34.3. The molecule has 4 atom stereocenters. The van der Waals surface area contributed by atoms with Crippen LogP contribution in [0, 0.1) is 0 Å². The van der Waals surface area contributed by atoms with E-state index in [1.165, 1.54) is 50.5 Å². The Morgan fingerprint density at radius 1 is 0.762 bits per heavy atom. The molecule has 2 fully saturated rings. The molecule has 2 aliphatic rings. The van der Waals surface area contributed by atoms with Crippen molar-refractivity contribution in [2.75, 3.05) is 0 Å². The summed E-state index contributed by atoms with van der Waals surface area (Å²) in [5, 5.41) is 14.2. The van der Waals surface area contributed by atoms with Crippen LogP contribution in [0.25, 0.3) is 0 Å². The largest absolute Gasteiger partial charge is 0.392 e. The number of aliphatic hydroxyl groups excluding tert-OH is 1. The fraction of sp³-hybridized carbons (Fsp3) is 0.684. The average molecular weight is 287 g/mol. The van der Waals surface area contributed by atoms with Gasteiger partial charge in [-0.15, -0.1) is 0 Å². The fourth-order valence-electron chi connectivity index (χ4n) is 4.19. The van der Waals surface area contributed by atoms with Crippen LogP contribution in [-0.2, 0) is 0 Å². The summed E-state index contributed by atoms with van der Waals surface area (Å²) in [4.78, 5) is 0. The topological polar surface area (TPSA) is 32.3 Å². The van der Waals surface area contributed by atoms with Gasteiger partial charge in [-0.2, -0.15) is 0 Å². The van der Waals surface area contributed by atoms with Crippen molar-refractivity contribution < 1.29 is 5.11 Å². The van der Waals surface area contributed by atoms with Gasteiger partial charge in [0.1, 0.15) is 0 Å². The number of nitrogens with one attached hydrogen (secondary N) is 1. The van der Waals surface area contributed by atoms with Gasteiger partial charge in [-0.1, -0.05) is 62.4 Å². The number of aliphatic hydroxyl groups is 1. The molecule has 2 nitrogen and oxygen atoms in total. The van der Waals surface area contributed by atoms with E-state index in [4.69, 9.17) is 0 Å². The summed E-state index contributed by atoms with van der Waals surface area (Å²) in [6, 6.07) is 11.8. The first-order chi connectivity index (χ1) is 10.3. The Balaban J connectivity index is 1.69. The Labute approximate surface area is 129 Å². The van der Waals surface area contributed by atoms with Crippen LogP contribution < -0.4 is 5.32 Å². The van der Waals surface area contributed by atoms with E-state index in [1.54, 1.807) is 0 Å². The third-order valence-corrected chi connectivity index (χ3v) is 5.40. The molecule has 0 amide bonds. The van der Waals surface area contributed by atoms with Gasteiger partial charge in [0.2, 0.25) is 0 Å². The highest BCUT2D eigenvalue weighted by Gasteiger charge is 2.30. The lowest BCUT2D eigenvalue weighted by Crippen LogP contribution is -2.48. The molecular weight excluding hydrogens is 258 g/mol. The molecular formula is C19H29NO. The van der Waals surface area contributed by atoms with Gasteiger partial charge < -0.3 is 10.4 Å². The first kappa shape index (κ1) is 15.1. The Kier molecular flexibility index (Phi) is 5.32. The minimum atomic E-state index is -0.147. The van der Waals surface area contributed by atoms with Crippen molar-refractivity contribution in [1.82, 2.24) is 5.32 Å². The summed E-state index contributed by atoms with van der Waals surface area (Å²) in [5.74, 6) is 0.621. The minimum absolute atomic E-state index is 0.147. The van der Waals surface area contributed by atoms with Crippen molar-refractivity contribution in [2.45, 2.75) is 81.9 Å². The first-order valence-corrected chi connectivity index (χ1v) is 8.83. The molecule has 2 heteroatoms. The smallest absolute Gasteiger partial charge is 0.0693 e. The first-order valence-electron chi connectivity index (χ1n) is 8.83. The number of hydrogen-bond acceptors (Lipinski definition) is 2. The molecule has 4 unspecified atom stereocenters. The van der Waals surface area contributed by atoms with Gasteiger partial charge in [0.25, 0.3) is 0 Å². The van der Waals surface area contributed by atoms with Gasteiger partial charge in [-0.05, 0) is 37.2 Å². The standard InChI is InChI=1S/C19H29NO/c21-19-14-6-2-5-13-18(19)20-17-12-8-7-11-16(17)15-9-3-1-4-10-15/h1,3-4,9-10,16-21H,2,5-8,11-14H2. The third-order valence-electron chi connectivity index (χ3n) is 5.40. The highest BCUT2D eigenvalue weighted by molar-refractivity contribution is 5.22. The second kappa shape index (κ2) is 7.42. The monoisotopic (exact) mass is 287 g/mol. The Morgan fingerprint density at radius 3 is 2.29 bits per heavy atom. The second-order valence-electron chi connectivity index (χ2n) is 6.89. The predicted octanol–water partition coefficient (Wildman–Crippen LogP) is 4.00. The molecule has 116 valence electrons. The van der Waals surface area contributed by atoms with Crippen molar-refractivity contribution in [3.05, 3.63) is 35.9 Å². The molecule has 1 aromatic rings. The van der Waals surface area contributed by atoms with E-state index < -0.39 is 0 Å². The average Bonchev–Trinajstić information content (AvgIpc) is 2.74. The summed E-state index contributed by atoms with van der Waals surface area (Å²) in [6.45, 7) is 0. The highest BCUT2D eigenvalue weighted by atomic mass is 16.3. The molecule has 0 spiro atoms. The molecule has 2 saturated carbocycles. The van der Waals surface area contributed by atoms with Crippen LogP contribution in [0.3, 0.4) is 0 Å². The summed E-state index contributed by atoms with van der Waals surface area (Å²) < 4.78 is 0. The van der Waals surface area contributed by atoms with Gasteiger partial charge in [-0.3, -0.25) is 0 Å². The molecule has 0 aliphatic heterocycles. The zero-order valence-corrected chi connectivity index (χ0v) is 13.0. The lowest BCUT2D eigenvalue weighted by Gasteiger charge is -2.36. The van der Waals surface area contributed by atoms with E-state index in [0.717, 1.165) is 12.8 Å². The van der Waals surface area contributed by atoms with E-state index >= 15 is 0 Å². The van der Waals surface area contributed by atoms with Crippen molar-refractivity contribution in [3.63, 3.8) is 0 Å². The molecule has 21 heavy (non-hydrogen) atoms. The Bertz CT molecular complexity index is 419. The lowest BCUT2D eigenvalue weighted by atomic mass is 9.79. The van der Waals surface area contributed by atoms with Gasteiger partial charge >= 0.3 is 0 Å². The van der Waals surface area contributed by atoms with Crippen molar-refractivity contribution in [1.29, 1.82) is 0 Å². The zero-order valence-electron chi connectivity index (χ0n) is 13.0. The molecule has 2 N–H and O–H groups in total. The van der Waals surface area contributed by atoms with Crippen LogP contribution in [0.4, 0.5) is 0 Å². The van der Waals surface area contributed by atoms with Gasteiger partial charge in [0.15, 0.2) is 0 Å². The number of benzene rings is 1.